The van der Waals surface area contributed by atoms with E-state index < -0.39 is 0 Å². The van der Waals surface area contributed by atoms with E-state index in [0.717, 1.165) is 5.71 Å². The normalized spacial score (nSPS) is 30.0. The van der Waals surface area contributed by atoms with Crippen LogP contribution in [0.2, 0.25) is 0 Å². The van der Waals surface area contributed by atoms with Crippen LogP contribution in [0.4, 0.5) is 4.39 Å². The first-order valence-electron chi connectivity index (χ1n) is 4.05. The minimum atomic E-state index is -0.353. The van der Waals surface area contributed by atoms with Crippen molar-refractivity contribution in [3.05, 3.63) is 36.3 Å². The van der Waals surface area contributed by atoms with Crippen LogP contribution in [0, 0.1) is 11.8 Å². The van der Waals surface area contributed by atoms with Gasteiger partial charge < -0.3 is 6.15 Å². The highest BCUT2D eigenvalue weighted by molar-refractivity contribution is 5.88. The SMILES string of the molecule is CC1=NC(F)=CC2C=CC=CC12.N. The van der Waals surface area contributed by atoms with Crippen LogP contribution < -0.4 is 6.15 Å². The number of allylic oxidation sites excluding steroid dienone is 5. The van der Waals surface area contributed by atoms with Crippen molar-refractivity contribution in [1.29, 1.82) is 0 Å². The van der Waals surface area contributed by atoms with Gasteiger partial charge in [0.1, 0.15) is 0 Å². The van der Waals surface area contributed by atoms with Crippen LogP contribution in [-0.2, 0) is 0 Å². The minimum absolute atomic E-state index is 0. The molecule has 0 saturated carbocycles. The lowest BCUT2D eigenvalue weighted by Gasteiger charge is -2.23. The van der Waals surface area contributed by atoms with Gasteiger partial charge in [-0.1, -0.05) is 24.3 Å². The Morgan fingerprint density at radius 3 is 2.77 bits per heavy atom. The number of halogens is 1. The average molecular weight is 180 g/mol. The van der Waals surface area contributed by atoms with E-state index in [0.29, 0.717) is 0 Å². The third-order valence-corrected chi connectivity index (χ3v) is 2.27. The van der Waals surface area contributed by atoms with Gasteiger partial charge >= 0.3 is 0 Å². The van der Waals surface area contributed by atoms with Crippen molar-refractivity contribution >= 4 is 5.71 Å². The molecule has 0 bridgehead atoms. The van der Waals surface area contributed by atoms with Crippen LogP contribution in [0.3, 0.4) is 0 Å². The molecule has 2 atom stereocenters. The molecule has 13 heavy (non-hydrogen) atoms. The summed E-state index contributed by atoms with van der Waals surface area (Å²) in [5.74, 6) is 0.0932. The van der Waals surface area contributed by atoms with Crippen LogP contribution in [0.1, 0.15) is 6.92 Å². The molecular formula is C10H13FN2. The maximum absolute atomic E-state index is 12.8. The topological polar surface area (TPSA) is 47.4 Å². The summed E-state index contributed by atoms with van der Waals surface area (Å²) in [6, 6.07) is 0. The van der Waals surface area contributed by atoms with Crippen LogP contribution in [-0.4, -0.2) is 5.71 Å². The number of aliphatic imine (C=N–C) groups is 1. The number of fused-ring (bicyclic) bond motifs is 1. The molecule has 0 amide bonds. The van der Waals surface area contributed by atoms with Gasteiger partial charge in [-0.25, -0.2) is 4.99 Å². The summed E-state index contributed by atoms with van der Waals surface area (Å²) >= 11 is 0. The van der Waals surface area contributed by atoms with Crippen molar-refractivity contribution in [1.82, 2.24) is 6.15 Å². The van der Waals surface area contributed by atoms with E-state index in [4.69, 9.17) is 0 Å². The van der Waals surface area contributed by atoms with Gasteiger partial charge in [0.25, 0.3) is 0 Å². The van der Waals surface area contributed by atoms with Gasteiger partial charge in [0, 0.05) is 17.5 Å². The molecule has 2 unspecified atom stereocenters. The molecule has 0 aromatic carbocycles. The van der Waals surface area contributed by atoms with Gasteiger partial charge in [-0.15, -0.1) is 0 Å². The van der Waals surface area contributed by atoms with Crippen molar-refractivity contribution in [2.24, 2.45) is 16.8 Å². The lowest BCUT2D eigenvalue weighted by atomic mass is 9.84. The highest BCUT2D eigenvalue weighted by Gasteiger charge is 2.23. The molecule has 0 saturated heterocycles. The van der Waals surface area contributed by atoms with Crippen LogP contribution in [0.15, 0.2) is 41.3 Å². The van der Waals surface area contributed by atoms with E-state index in [2.05, 4.69) is 11.1 Å². The van der Waals surface area contributed by atoms with Gasteiger partial charge in [0.15, 0.2) is 0 Å². The minimum Gasteiger partial charge on any atom is -0.344 e. The van der Waals surface area contributed by atoms with Crippen molar-refractivity contribution < 1.29 is 4.39 Å². The fourth-order valence-corrected chi connectivity index (χ4v) is 1.64. The van der Waals surface area contributed by atoms with E-state index in [1.54, 1.807) is 6.08 Å². The fourth-order valence-electron chi connectivity index (χ4n) is 1.64. The van der Waals surface area contributed by atoms with Crippen molar-refractivity contribution in [2.45, 2.75) is 6.92 Å². The van der Waals surface area contributed by atoms with E-state index in [1.807, 2.05) is 25.2 Å². The molecule has 3 N–H and O–H groups in total. The Morgan fingerprint density at radius 2 is 2.00 bits per heavy atom. The molecule has 1 aliphatic heterocycles. The lowest BCUT2D eigenvalue weighted by Crippen LogP contribution is -2.21. The Morgan fingerprint density at radius 1 is 1.31 bits per heavy atom. The van der Waals surface area contributed by atoms with Gasteiger partial charge in [0.2, 0.25) is 5.95 Å². The molecular weight excluding hydrogens is 167 g/mol. The van der Waals surface area contributed by atoms with Gasteiger partial charge in [-0.05, 0) is 13.0 Å². The summed E-state index contributed by atoms with van der Waals surface area (Å²) in [6.45, 7) is 1.87. The smallest absolute Gasteiger partial charge is 0.209 e. The Balaban J connectivity index is 0.000000845. The Bertz CT molecular complexity index is 313. The fraction of sp³-hybridized carbons (Fsp3) is 0.300. The molecule has 1 aliphatic carbocycles. The predicted molar refractivity (Wildman–Crippen MR) is 52.6 cm³/mol. The number of hydrogen-bond acceptors (Lipinski definition) is 2. The summed E-state index contributed by atoms with van der Waals surface area (Å²) in [5, 5.41) is 0. The lowest BCUT2D eigenvalue weighted by molar-refractivity contribution is 0.572. The number of hydrogen-bond donors (Lipinski definition) is 1. The second-order valence-corrected chi connectivity index (χ2v) is 3.12. The van der Waals surface area contributed by atoms with Crippen LogP contribution in [0.25, 0.3) is 0 Å². The Kier molecular flexibility index (Phi) is 2.78. The molecule has 2 nitrogen and oxygen atoms in total. The van der Waals surface area contributed by atoms with Gasteiger partial charge in [-0.3, -0.25) is 0 Å². The molecule has 3 heteroatoms. The van der Waals surface area contributed by atoms with E-state index in [1.165, 1.54) is 0 Å². The first kappa shape index (κ1) is 9.86. The molecule has 1 heterocycles. The molecule has 0 radical (unpaired) electrons. The van der Waals surface area contributed by atoms with Gasteiger partial charge in [0.05, 0.1) is 0 Å². The Labute approximate surface area is 77.1 Å². The number of nitrogens with zero attached hydrogens (tertiary/aromatic N) is 1. The van der Waals surface area contributed by atoms with Crippen molar-refractivity contribution in [3.8, 4) is 0 Å². The first-order chi connectivity index (χ1) is 5.77. The third-order valence-electron chi connectivity index (χ3n) is 2.27. The summed E-state index contributed by atoms with van der Waals surface area (Å²) in [7, 11) is 0. The van der Waals surface area contributed by atoms with E-state index in [9.17, 15) is 4.39 Å². The molecule has 0 aromatic rings. The monoisotopic (exact) mass is 180 g/mol. The second kappa shape index (κ2) is 3.66. The van der Waals surface area contributed by atoms with Crippen LogP contribution >= 0.6 is 0 Å². The van der Waals surface area contributed by atoms with Crippen molar-refractivity contribution in [2.75, 3.05) is 0 Å². The molecule has 0 fully saturated rings. The number of rotatable bonds is 0. The summed E-state index contributed by atoms with van der Waals surface area (Å²) in [6.07, 6.45) is 9.56. The highest BCUT2D eigenvalue weighted by atomic mass is 19.1. The molecule has 0 spiro atoms. The molecule has 2 rings (SSSR count). The van der Waals surface area contributed by atoms with Crippen LogP contribution in [0.5, 0.6) is 0 Å². The summed E-state index contributed by atoms with van der Waals surface area (Å²) < 4.78 is 12.8. The molecule has 0 aromatic heterocycles. The standard InChI is InChI=1S/C10H10FN.H3N/c1-7-9-5-3-2-4-8(9)6-10(11)12-7;/h2-6,8-9H,1H3;1H3. The zero-order valence-corrected chi connectivity index (χ0v) is 7.57. The quantitative estimate of drug-likeness (QED) is 0.572. The van der Waals surface area contributed by atoms with E-state index >= 15 is 0 Å². The maximum atomic E-state index is 12.8. The van der Waals surface area contributed by atoms with Gasteiger partial charge in [-0.2, -0.15) is 4.39 Å². The maximum Gasteiger partial charge on any atom is 0.209 e. The predicted octanol–water partition coefficient (Wildman–Crippen LogP) is 2.79. The molecule has 2 aliphatic rings. The first-order valence-corrected chi connectivity index (χ1v) is 4.05. The largest absolute Gasteiger partial charge is 0.344 e. The average Bonchev–Trinajstić information content (AvgIpc) is 2.04. The zero-order valence-electron chi connectivity index (χ0n) is 7.57. The highest BCUT2D eigenvalue weighted by Crippen LogP contribution is 2.28. The zero-order chi connectivity index (χ0) is 8.55. The summed E-state index contributed by atoms with van der Waals surface area (Å²) in [4.78, 5) is 3.79. The third kappa shape index (κ3) is 1.75. The van der Waals surface area contributed by atoms with E-state index in [-0.39, 0.29) is 23.9 Å². The summed E-state index contributed by atoms with van der Waals surface area (Å²) in [5.41, 5.74) is 0.862. The molecule has 70 valence electrons. The van der Waals surface area contributed by atoms with Crippen molar-refractivity contribution in [3.63, 3.8) is 0 Å². The Hall–Kier alpha value is -1.22. The second-order valence-electron chi connectivity index (χ2n) is 3.12.